The SMILES string of the molecule is CC(C)c1occc1C(=O)NCC(Oc1ccc(F)cc1)C(=O)O. The van der Waals surface area contributed by atoms with Crippen LogP contribution >= 0.6 is 0 Å². The van der Waals surface area contributed by atoms with Crippen molar-refractivity contribution in [3.8, 4) is 5.75 Å². The summed E-state index contributed by atoms with van der Waals surface area (Å²) in [5.74, 6) is -1.39. The molecule has 0 saturated carbocycles. The zero-order chi connectivity index (χ0) is 17.7. The minimum Gasteiger partial charge on any atom is -0.478 e. The molecule has 0 aliphatic carbocycles. The molecule has 7 heteroatoms. The fourth-order valence-electron chi connectivity index (χ4n) is 2.09. The predicted octanol–water partition coefficient (Wildman–Crippen LogP) is 2.80. The zero-order valence-corrected chi connectivity index (χ0v) is 13.3. The number of furan rings is 1. The number of aliphatic carboxylic acids is 1. The largest absolute Gasteiger partial charge is 0.478 e. The lowest BCUT2D eigenvalue weighted by Crippen LogP contribution is -2.40. The number of carbonyl (C=O) groups excluding carboxylic acids is 1. The highest BCUT2D eigenvalue weighted by atomic mass is 19.1. The Morgan fingerprint density at radius 2 is 1.92 bits per heavy atom. The molecule has 0 fully saturated rings. The molecule has 2 rings (SSSR count). The number of halogens is 1. The molecular weight excluding hydrogens is 317 g/mol. The Balaban J connectivity index is 2.00. The van der Waals surface area contributed by atoms with Crippen LogP contribution in [-0.4, -0.2) is 29.6 Å². The number of amides is 1. The predicted molar refractivity (Wildman–Crippen MR) is 83.6 cm³/mol. The van der Waals surface area contributed by atoms with Crippen molar-refractivity contribution in [2.24, 2.45) is 0 Å². The molecule has 1 aromatic heterocycles. The van der Waals surface area contributed by atoms with Crippen molar-refractivity contribution in [2.45, 2.75) is 25.9 Å². The number of ether oxygens (including phenoxy) is 1. The van der Waals surface area contributed by atoms with Gasteiger partial charge in [-0.15, -0.1) is 0 Å². The molecule has 0 aliphatic rings. The van der Waals surface area contributed by atoms with E-state index in [1.54, 1.807) is 0 Å². The molecule has 2 N–H and O–H groups in total. The van der Waals surface area contributed by atoms with E-state index < -0.39 is 23.8 Å². The van der Waals surface area contributed by atoms with E-state index in [9.17, 15) is 19.1 Å². The van der Waals surface area contributed by atoms with Gasteiger partial charge in [-0.05, 0) is 30.3 Å². The van der Waals surface area contributed by atoms with Crippen molar-refractivity contribution >= 4 is 11.9 Å². The molecule has 1 heterocycles. The van der Waals surface area contributed by atoms with Gasteiger partial charge >= 0.3 is 5.97 Å². The van der Waals surface area contributed by atoms with E-state index in [-0.39, 0.29) is 18.2 Å². The fraction of sp³-hybridized carbons (Fsp3) is 0.294. The Morgan fingerprint density at radius 3 is 2.50 bits per heavy atom. The normalized spacial score (nSPS) is 12.0. The lowest BCUT2D eigenvalue weighted by molar-refractivity contribution is -0.144. The summed E-state index contributed by atoms with van der Waals surface area (Å²) in [6.45, 7) is 3.52. The van der Waals surface area contributed by atoms with Crippen molar-refractivity contribution < 1.29 is 28.2 Å². The number of carboxylic acid groups (broad SMARTS) is 1. The molecule has 0 spiro atoms. The molecule has 0 radical (unpaired) electrons. The first-order chi connectivity index (χ1) is 11.4. The third-order valence-corrected chi connectivity index (χ3v) is 3.28. The molecule has 1 aromatic carbocycles. The molecule has 6 nitrogen and oxygen atoms in total. The lowest BCUT2D eigenvalue weighted by atomic mass is 10.1. The fourth-order valence-corrected chi connectivity index (χ4v) is 2.09. The smallest absolute Gasteiger partial charge is 0.346 e. The maximum absolute atomic E-state index is 12.9. The van der Waals surface area contributed by atoms with Crippen LogP contribution in [-0.2, 0) is 4.79 Å². The van der Waals surface area contributed by atoms with Gasteiger partial charge in [-0.1, -0.05) is 13.8 Å². The number of carbonyl (C=O) groups is 2. The third-order valence-electron chi connectivity index (χ3n) is 3.28. The maximum Gasteiger partial charge on any atom is 0.346 e. The second-order valence-electron chi connectivity index (χ2n) is 5.46. The van der Waals surface area contributed by atoms with E-state index in [1.807, 2.05) is 13.8 Å². The van der Waals surface area contributed by atoms with Crippen LogP contribution < -0.4 is 10.1 Å². The molecule has 24 heavy (non-hydrogen) atoms. The first kappa shape index (κ1) is 17.5. The van der Waals surface area contributed by atoms with Gasteiger partial charge in [-0.2, -0.15) is 0 Å². The maximum atomic E-state index is 12.9. The number of hydrogen-bond acceptors (Lipinski definition) is 4. The minimum atomic E-state index is -1.30. The number of nitrogens with one attached hydrogen (secondary N) is 1. The molecule has 128 valence electrons. The monoisotopic (exact) mass is 335 g/mol. The average Bonchev–Trinajstić information content (AvgIpc) is 3.02. The van der Waals surface area contributed by atoms with Gasteiger partial charge < -0.3 is 19.6 Å². The molecule has 1 unspecified atom stereocenters. The standard InChI is InChI=1S/C17H18FNO5/c1-10(2)15-13(7-8-23-15)16(20)19-9-14(17(21)22)24-12-5-3-11(18)4-6-12/h3-8,10,14H,9H2,1-2H3,(H,19,20)(H,21,22). The summed E-state index contributed by atoms with van der Waals surface area (Å²) in [4.78, 5) is 23.5. The highest BCUT2D eigenvalue weighted by molar-refractivity contribution is 5.95. The summed E-state index contributed by atoms with van der Waals surface area (Å²) in [6, 6.07) is 6.49. The second kappa shape index (κ2) is 7.63. The van der Waals surface area contributed by atoms with Crippen LogP contribution in [0.2, 0.25) is 0 Å². The number of carboxylic acids is 1. The summed E-state index contributed by atoms with van der Waals surface area (Å²) in [7, 11) is 0. The van der Waals surface area contributed by atoms with Crippen LogP contribution in [0.4, 0.5) is 4.39 Å². The molecule has 0 saturated heterocycles. The zero-order valence-electron chi connectivity index (χ0n) is 13.3. The van der Waals surface area contributed by atoms with Crippen molar-refractivity contribution in [1.82, 2.24) is 5.32 Å². The summed E-state index contributed by atoms with van der Waals surface area (Å²) >= 11 is 0. The number of hydrogen-bond donors (Lipinski definition) is 2. The number of benzene rings is 1. The topological polar surface area (TPSA) is 88.8 Å². The minimum absolute atomic E-state index is 0.0199. The van der Waals surface area contributed by atoms with Crippen LogP contribution in [0.1, 0.15) is 35.9 Å². The Kier molecular flexibility index (Phi) is 5.57. The first-order valence-electron chi connectivity index (χ1n) is 7.39. The van der Waals surface area contributed by atoms with E-state index in [0.717, 1.165) is 12.1 Å². The van der Waals surface area contributed by atoms with E-state index in [4.69, 9.17) is 9.15 Å². The third kappa shape index (κ3) is 4.34. The molecule has 2 aromatic rings. The van der Waals surface area contributed by atoms with Crippen molar-refractivity contribution in [2.75, 3.05) is 6.54 Å². The van der Waals surface area contributed by atoms with Crippen LogP contribution in [0.3, 0.4) is 0 Å². The van der Waals surface area contributed by atoms with Gasteiger partial charge in [0.05, 0.1) is 18.4 Å². The summed E-state index contributed by atoms with van der Waals surface area (Å²) in [5.41, 5.74) is 0.357. The number of rotatable bonds is 7. The van der Waals surface area contributed by atoms with E-state index in [0.29, 0.717) is 11.3 Å². The summed E-state index contributed by atoms with van der Waals surface area (Å²) < 4.78 is 23.4. The van der Waals surface area contributed by atoms with Gasteiger partial charge in [0, 0.05) is 5.92 Å². The van der Waals surface area contributed by atoms with Crippen molar-refractivity contribution in [3.63, 3.8) is 0 Å². The lowest BCUT2D eigenvalue weighted by Gasteiger charge is -2.16. The van der Waals surface area contributed by atoms with Crippen LogP contribution in [0.25, 0.3) is 0 Å². The van der Waals surface area contributed by atoms with Crippen molar-refractivity contribution in [1.29, 1.82) is 0 Å². The highest BCUT2D eigenvalue weighted by Gasteiger charge is 2.23. The van der Waals surface area contributed by atoms with Crippen molar-refractivity contribution in [3.05, 3.63) is 53.7 Å². The Morgan fingerprint density at radius 1 is 1.25 bits per heavy atom. The Bertz CT molecular complexity index is 708. The van der Waals surface area contributed by atoms with Crippen LogP contribution in [0.5, 0.6) is 5.75 Å². The van der Waals surface area contributed by atoms with Gasteiger partial charge in [0.25, 0.3) is 5.91 Å². The quantitative estimate of drug-likeness (QED) is 0.812. The van der Waals surface area contributed by atoms with Crippen LogP contribution in [0.15, 0.2) is 41.0 Å². The van der Waals surface area contributed by atoms with Gasteiger partial charge in [-0.25, -0.2) is 9.18 Å². The Labute approximate surface area is 138 Å². The molecular formula is C17H18FNO5. The molecule has 0 aliphatic heterocycles. The second-order valence-corrected chi connectivity index (χ2v) is 5.46. The molecule has 1 amide bonds. The first-order valence-corrected chi connectivity index (χ1v) is 7.39. The van der Waals surface area contributed by atoms with E-state index in [2.05, 4.69) is 5.32 Å². The molecule has 1 atom stereocenters. The van der Waals surface area contributed by atoms with Gasteiger partial charge in [0.1, 0.15) is 17.3 Å². The van der Waals surface area contributed by atoms with Gasteiger partial charge in [0.15, 0.2) is 0 Å². The molecule has 0 bridgehead atoms. The highest BCUT2D eigenvalue weighted by Crippen LogP contribution is 2.20. The van der Waals surface area contributed by atoms with Gasteiger partial charge in [0.2, 0.25) is 6.10 Å². The van der Waals surface area contributed by atoms with E-state index in [1.165, 1.54) is 24.5 Å². The van der Waals surface area contributed by atoms with Gasteiger partial charge in [-0.3, -0.25) is 4.79 Å². The Hall–Kier alpha value is -2.83. The van der Waals surface area contributed by atoms with E-state index >= 15 is 0 Å². The van der Waals surface area contributed by atoms with Crippen LogP contribution in [0, 0.1) is 5.82 Å². The summed E-state index contributed by atoms with van der Waals surface area (Å²) in [6.07, 6.45) is 0.113. The average molecular weight is 335 g/mol. The summed E-state index contributed by atoms with van der Waals surface area (Å²) in [5, 5.41) is 11.7.